The summed E-state index contributed by atoms with van der Waals surface area (Å²) < 4.78 is 5.19. The van der Waals surface area contributed by atoms with E-state index in [0.29, 0.717) is 9.21 Å². The summed E-state index contributed by atoms with van der Waals surface area (Å²) in [4.78, 5) is 12.0. The van der Waals surface area contributed by atoms with Gasteiger partial charge in [0.2, 0.25) is 0 Å². The van der Waals surface area contributed by atoms with E-state index in [-0.39, 0.29) is 0 Å². The number of thiophene rings is 1. The molecule has 0 unspecified atom stereocenters. The Bertz CT molecular complexity index is 322. The van der Waals surface area contributed by atoms with Crippen molar-refractivity contribution in [1.82, 2.24) is 0 Å². The van der Waals surface area contributed by atoms with E-state index in [1.165, 1.54) is 18.4 Å². The first-order valence-electron chi connectivity index (χ1n) is 3.61. The Balaban J connectivity index is 2.99. The van der Waals surface area contributed by atoms with Gasteiger partial charge in [0, 0.05) is 4.88 Å². The third kappa shape index (κ3) is 2.02. The van der Waals surface area contributed by atoms with Crippen LogP contribution in [0, 0.1) is 0 Å². The molecule has 5 heteroatoms. The maximum absolute atomic E-state index is 11.3. The van der Waals surface area contributed by atoms with Crippen molar-refractivity contribution < 1.29 is 9.53 Å². The number of hydrogen-bond acceptors (Lipinski definition) is 4. The Kier molecular flexibility index (Phi) is 2.95. The molecule has 1 rings (SSSR count). The minimum absolute atomic E-state index is 0.467. The van der Waals surface area contributed by atoms with E-state index >= 15 is 0 Å². The number of hydrogen-bond donors (Lipinski definition) is 1. The molecule has 0 radical (unpaired) electrons. The van der Waals surface area contributed by atoms with Gasteiger partial charge >= 0.3 is 5.97 Å². The minimum atomic E-state index is -1.10. The molecule has 0 amide bonds. The van der Waals surface area contributed by atoms with Gasteiger partial charge in [-0.25, -0.2) is 4.79 Å². The van der Waals surface area contributed by atoms with Gasteiger partial charge in [0.1, 0.15) is 5.54 Å². The first-order chi connectivity index (χ1) is 5.98. The molecule has 1 atom stereocenters. The Hall–Kier alpha value is -0.580. The first-order valence-corrected chi connectivity index (χ1v) is 4.81. The van der Waals surface area contributed by atoms with E-state index in [2.05, 4.69) is 4.74 Å². The standard InChI is InChI=1S/C8H10ClNO2S/c1-8(10,7(11)12-2)5-3-4-6(9)13-5/h3-4H,10H2,1-2H3/t8-/m1/s1. The summed E-state index contributed by atoms with van der Waals surface area (Å²) in [6, 6.07) is 3.43. The van der Waals surface area contributed by atoms with Crippen LogP contribution in [0.5, 0.6) is 0 Å². The molecule has 0 spiro atoms. The average Bonchev–Trinajstić information content (AvgIpc) is 2.50. The topological polar surface area (TPSA) is 52.3 Å². The molecule has 0 fully saturated rings. The lowest BCUT2D eigenvalue weighted by Crippen LogP contribution is -2.41. The van der Waals surface area contributed by atoms with Crippen molar-refractivity contribution in [3.05, 3.63) is 21.3 Å². The second-order valence-electron chi connectivity index (χ2n) is 2.80. The highest BCUT2D eigenvalue weighted by Gasteiger charge is 2.33. The molecular weight excluding hydrogens is 210 g/mol. The van der Waals surface area contributed by atoms with Gasteiger partial charge < -0.3 is 10.5 Å². The van der Waals surface area contributed by atoms with Gasteiger partial charge in [0.15, 0.2) is 0 Å². The molecule has 0 aromatic carbocycles. The third-order valence-electron chi connectivity index (χ3n) is 1.69. The van der Waals surface area contributed by atoms with E-state index < -0.39 is 11.5 Å². The Morgan fingerprint density at radius 3 is 2.69 bits per heavy atom. The van der Waals surface area contributed by atoms with Crippen LogP contribution in [0.3, 0.4) is 0 Å². The number of rotatable bonds is 2. The van der Waals surface area contributed by atoms with Crippen molar-refractivity contribution >= 4 is 28.9 Å². The van der Waals surface area contributed by atoms with Crippen molar-refractivity contribution in [2.24, 2.45) is 5.73 Å². The molecule has 2 N–H and O–H groups in total. The van der Waals surface area contributed by atoms with Gasteiger partial charge in [0.05, 0.1) is 11.4 Å². The smallest absolute Gasteiger partial charge is 0.331 e. The van der Waals surface area contributed by atoms with Gasteiger partial charge in [-0.15, -0.1) is 11.3 Å². The Labute approximate surface area is 85.4 Å². The van der Waals surface area contributed by atoms with Crippen molar-refractivity contribution in [3.63, 3.8) is 0 Å². The average molecular weight is 220 g/mol. The molecule has 72 valence electrons. The van der Waals surface area contributed by atoms with E-state index in [1.54, 1.807) is 19.1 Å². The number of halogens is 1. The summed E-state index contributed by atoms with van der Waals surface area (Å²) >= 11 is 7.00. The van der Waals surface area contributed by atoms with Crippen LogP contribution in [0.4, 0.5) is 0 Å². The molecule has 1 aromatic rings. The van der Waals surface area contributed by atoms with Crippen LogP contribution in [0.25, 0.3) is 0 Å². The fraction of sp³-hybridized carbons (Fsp3) is 0.375. The van der Waals surface area contributed by atoms with Crippen LogP contribution < -0.4 is 5.73 Å². The fourth-order valence-electron chi connectivity index (χ4n) is 0.906. The zero-order valence-corrected chi connectivity index (χ0v) is 8.91. The lowest BCUT2D eigenvalue weighted by atomic mass is 10.0. The molecule has 0 aliphatic carbocycles. The Morgan fingerprint density at radius 2 is 2.31 bits per heavy atom. The van der Waals surface area contributed by atoms with Crippen LogP contribution in [-0.4, -0.2) is 13.1 Å². The number of carbonyl (C=O) groups excluding carboxylic acids is 1. The lowest BCUT2D eigenvalue weighted by Gasteiger charge is -2.19. The second kappa shape index (κ2) is 3.65. The molecule has 0 aliphatic rings. The SMILES string of the molecule is COC(=O)[C@](C)(N)c1ccc(Cl)s1. The molecule has 13 heavy (non-hydrogen) atoms. The van der Waals surface area contributed by atoms with E-state index in [1.807, 2.05) is 0 Å². The molecular formula is C8H10ClNO2S. The van der Waals surface area contributed by atoms with E-state index in [9.17, 15) is 4.79 Å². The predicted molar refractivity (Wildman–Crippen MR) is 52.9 cm³/mol. The highest BCUT2D eigenvalue weighted by atomic mass is 35.5. The van der Waals surface area contributed by atoms with Gasteiger partial charge in [-0.2, -0.15) is 0 Å². The van der Waals surface area contributed by atoms with Gasteiger partial charge in [-0.3, -0.25) is 0 Å². The van der Waals surface area contributed by atoms with Crippen LogP contribution in [-0.2, 0) is 15.1 Å². The van der Waals surface area contributed by atoms with E-state index in [0.717, 1.165) is 0 Å². The molecule has 3 nitrogen and oxygen atoms in total. The summed E-state index contributed by atoms with van der Waals surface area (Å²) in [6.07, 6.45) is 0. The van der Waals surface area contributed by atoms with Gasteiger partial charge in [0.25, 0.3) is 0 Å². The number of carbonyl (C=O) groups is 1. The normalized spacial score (nSPS) is 15.1. The summed E-state index contributed by atoms with van der Waals surface area (Å²) in [5.74, 6) is -0.467. The summed E-state index contributed by atoms with van der Waals surface area (Å²) in [5.41, 5.74) is 4.68. The van der Waals surface area contributed by atoms with Crippen molar-refractivity contribution in [3.8, 4) is 0 Å². The third-order valence-corrected chi connectivity index (χ3v) is 3.16. The van der Waals surface area contributed by atoms with Crippen LogP contribution in [0.15, 0.2) is 12.1 Å². The molecule has 0 saturated carbocycles. The number of methoxy groups -OCH3 is 1. The monoisotopic (exact) mass is 219 g/mol. The number of nitrogens with two attached hydrogens (primary N) is 1. The van der Waals surface area contributed by atoms with Crippen LogP contribution in [0.1, 0.15) is 11.8 Å². The van der Waals surface area contributed by atoms with Crippen LogP contribution >= 0.6 is 22.9 Å². The molecule has 0 saturated heterocycles. The first kappa shape index (κ1) is 10.5. The molecule has 1 aromatic heterocycles. The second-order valence-corrected chi connectivity index (χ2v) is 4.51. The molecule has 0 bridgehead atoms. The molecule has 0 aliphatic heterocycles. The fourth-order valence-corrected chi connectivity index (χ4v) is 2.00. The zero-order valence-electron chi connectivity index (χ0n) is 7.33. The zero-order chi connectivity index (χ0) is 10.1. The maximum atomic E-state index is 11.3. The quantitative estimate of drug-likeness (QED) is 0.771. The summed E-state index contributed by atoms with van der Waals surface area (Å²) in [7, 11) is 1.31. The van der Waals surface area contributed by atoms with Crippen molar-refractivity contribution in [2.75, 3.05) is 7.11 Å². The van der Waals surface area contributed by atoms with Crippen molar-refractivity contribution in [1.29, 1.82) is 0 Å². The highest BCUT2D eigenvalue weighted by Crippen LogP contribution is 2.29. The summed E-state index contributed by atoms with van der Waals surface area (Å²) in [6.45, 7) is 1.60. The van der Waals surface area contributed by atoms with E-state index in [4.69, 9.17) is 17.3 Å². The Morgan fingerprint density at radius 1 is 1.69 bits per heavy atom. The maximum Gasteiger partial charge on any atom is 0.331 e. The van der Waals surface area contributed by atoms with Crippen molar-refractivity contribution in [2.45, 2.75) is 12.5 Å². The largest absolute Gasteiger partial charge is 0.467 e. The molecule has 1 heterocycles. The lowest BCUT2D eigenvalue weighted by molar-refractivity contribution is -0.146. The summed E-state index contributed by atoms with van der Waals surface area (Å²) in [5, 5.41) is 0. The minimum Gasteiger partial charge on any atom is -0.467 e. The van der Waals surface area contributed by atoms with Gasteiger partial charge in [-0.1, -0.05) is 11.6 Å². The number of esters is 1. The highest BCUT2D eigenvalue weighted by molar-refractivity contribution is 7.16. The van der Waals surface area contributed by atoms with Gasteiger partial charge in [-0.05, 0) is 19.1 Å². The number of ether oxygens (including phenoxy) is 1. The predicted octanol–water partition coefficient (Wildman–Crippen LogP) is 1.75. The van der Waals surface area contributed by atoms with Crippen LogP contribution in [0.2, 0.25) is 4.34 Å².